The van der Waals surface area contributed by atoms with Crippen LogP contribution in [-0.4, -0.2) is 44.3 Å². The van der Waals surface area contributed by atoms with Gasteiger partial charge in [-0.05, 0) is 5.56 Å². The Labute approximate surface area is 113 Å². The van der Waals surface area contributed by atoms with E-state index in [0.29, 0.717) is 19.8 Å². The first-order valence-electron chi connectivity index (χ1n) is 6.03. The van der Waals surface area contributed by atoms with Crippen molar-refractivity contribution in [2.24, 2.45) is 0 Å². The molecule has 0 fully saturated rings. The maximum Gasteiger partial charge on any atom is 0.249 e. The molecule has 102 valence electrons. The Morgan fingerprint density at radius 2 is 2.05 bits per heavy atom. The van der Waals surface area contributed by atoms with Crippen molar-refractivity contribution in [3.63, 3.8) is 0 Å². The third kappa shape index (κ3) is 6.00. The summed E-state index contributed by atoms with van der Waals surface area (Å²) in [4.78, 5) is 13.4. The number of nitriles is 1. The van der Waals surface area contributed by atoms with Gasteiger partial charge in [-0.25, -0.2) is 0 Å². The highest BCUT2D eigenvalue weighted by Gasteiger charge is 2.13. The van der Waals surface area contributed by atoms with Gasteiger partial charge in [0.05, 0.1) is 19.3 Å². The molecule has 0 saturated heterocycles. The SMILES string of the molecule is COCCOCC(=O)N(CC#N)Cc1ccccc1. The molecule has 0 aliphatic rings. The van der Waals surface area contributed by atoms with Crippen molar-refractivity contribution in [3.05, 3.63) is 35.9 Å². The molecule has 19 heavy (non-hydrogen) atoms. The van der Waals surface area contributed by atoms with Crippen LogP contribution >= 0.6 is 0 Å². The second-order valence-corrected chi connectivity index (χ2v) is 3.94. The molecule has 1 aromatic carbocycles. The van der Waals surface area contributed by atoms with Crippen molar-refractivity contribution >= 4 is 5.91 Å². The first-order valence-corrected chi connectivity index (χ1v) is 6.03. The predicted molar refractivity (Wildman–Crippen MR) is 70.2 cm³/mol. The van der Waals surface area contributed by atoms with Gasteiger partial charge in [0.25, 0.3) is 0 Å². The summed E-state index contributed by atoms with van der Waals surface area (Å²) in [6, 6.07) is 11.6. The number of hydrogen-bond acceptors (Lipinski definition) is 4. The van der Waals surface area contributed by atoms with Crippen LogP contribution in [0.3, 0.4) is 0 Å². The molecule has 0 aromatic heterocycles. The van der Waals surface area contributed by atoms with Crippen molar-refractivity contribution in [2.45, 2.75) is 6.54 Å². The summed E-state index contributed by atoms with van der Waals surface area (Å²) in [5, 5.41) is 8.77. The van der Waals surface area contributed by atoms with E-state index >= 15 is 0 Å². The Balaban J connectivity index is 2.47. The molecule has 5 nitrogen and oxygen atoms in total. The van der Waals surface area contributed by atoms with Crippen LogP contribution in [0.25, 0.3) is 0 Å². The smallest absolute Gasteiger partial charge is 0.249 e. The van der Waals surface area contributed by atoms with Crippen LogP contribution in [0.15, 0.2) is 30.3 Å². The Kier molecular flexibility index (Phi) is 7.25. The van der Waals surface area contributed by atoms with Gasteiger partial charge in [0.2, 0.25) is 5.91 Å². The first kappa shape index (κ1) is 15.2. The molecule has 0 N–H and O–H groups in total. The standard InChI is InChI=1S/C14H18N2O3/c1-18-9-10-19-12-14(17)16(8-7-15)11-13-5-3-2-4-6-13/h2-6H,8-12H2,1H3. The number of amides is 1. The van der Waals surface area contributed by atoms with Gasteiger partial charge in [-0.15, -0.1) is 0 Å². The van der Waals surface area contributed by atoms with Gasteiger partial charge < -0.3 is 14.4 Å². The minimum absolute atomic E-state index is 0.0299. The molecule has 1 rings (SSSR count). The average Bonchev–Trinajstić information content (AvgIpc) is 2.44. The number of benzene rings is 1. The highest BCUT2D eigenvalue weighted by molar-refractivity contribution is 5.77. The van der Waals surface area contributed by atoms with Gasteiger partial charge in [0, 0.05) is 13.7 Å². The van der Waals surface area contributed by atoms with Crippen LogP contribution in [0.2, 0.25) is 0 Å². The summed E-state index contributed by atoms with van der Waals surface area (Å²) >= 11 is 0. The lowest BCUT2D eigenvalue weighted by atomic mass is 10.2. The van der Waals surface area contributed by atoms with Gasteiger partial charge in [-0.1, -0.05) is 30.3 Å². The molecule has 1 amide bonds. The largest absolute Gasteiger partial charge is 0.382 e. The van der Waals surface area contributed by atoms with Crippen molar-refractivity contribution < 1.29 is 14.3 Å². The van der Waals surface area contributed by atoms with Crippen LogP contribution in [0.4, 0.5) is 0 Å². The summed E-state index contributed by atoms with van der Waals surface area (Å²) in [5.41, 5.74) is 0.989. The number of carbonyl (C=O) groups is 1. The zero-order valence-corrected chi connectivity index (χ0v) is 11.0. The van der Waals surface area contributed by atoms with Crippen LogP contribution in [0.5, 0.6) is 0 Å². The second kappa shape index (κ2) is 9.09. The van der Waals surface area contributed by atoms with E-state index in [1.54, 1.807) is 7.11 Å². The van der Waals surface area contributed by atoms with E-state index in [9.17, 15) is 4.79 Å². The number of ether oxygens (including phenoxy) is 2. The Hall–Kier alpha value is -1.90. The van der Waals surface area contributed by atoms with Gasteiger partial charge in [0.15, 0.2) is 0 Å². The van der Waals surface area contributed by atoms with E-state index in [2.05, 4.69) is 0 Å². The molecule has 0 atom stereocenters. The van der Waals surface area contributed by atoms with E-state index < -0.39 is 0 Å². The van der Waals surface area contributed by atoms with E-state index in [-0.39, 0.29) is 19.1 Å². The van der Waals surface area contributed by atoms with E-state index in [1.807, 2.05) is 36.4 Å². The number of hydrogen-bond donors (Lipinski definition) is 0. The van der Waals surface area contributed by atoms with Crippen molar-refractivity contribution in [1.29, 1.82) is 5.26 Å². The first-order chi connectivity index (χ1) is 9.27. The minimum atomic E-state index is -0.193. The number of rotatable bonds is 8. The molecule has 0 aliphatic carbocycles. The lowest BCUT2D eigenvalue weighted by Gasteiger charge is -2.19. The van der Waals surface area contributed by atoms with Crippen LogP contribution in [-0.2, 0) is 20.8 Å². The van der Waals surface area contributed by atoms with Crippen molar-refractivity contribution in [3.8, 4) is 6.07 Å². The molecule has 0 unspecified atom stereocenters. The number of nitrogens with zero attached hydrogens (tertiary/aromatic N) is 2. The molecule has 0 heterocycles. The summed E-state index contributed by atoms with van der Waals surface area (Å²) in [7, 11) is 1.57. The molecule has 0 radical (unpaired) electrons. The third-order valence-electron chi connectivity index (χ3n) is 2.49. The maximum atomic E-state index is 11.9. The Bertz CT molecular complexity index is 414. The van der Waals surface area contributed by atoms with E-state index in [4.69, 9.17) is 14.7 Å². The van der Waals surface area contributed by atoms with Gasteiger partial charge in [-0.2, -0.15) is 5.26 Å². The quantitative estimate of drug-likeness (QED) is 0.521. The summed E-state index contributed by atoms with van der Waals surface area (Å²) in [5.74, 6) is -0.193. The highest BCUT2D eigenvalue weighted by Crippen LogP contribution is 2.04. The van der Waals surface area contributed by atoms with Gasteiger partial charge in [0.1, 0.15) is 13.2 Å². The van der Waals surface area contributed by atoms with Crippen LogP contribution in [0.1, 0.15) is 5.56 Å². The fraction of sp³-hybridized carbons (Fsp3) is 0.429. The van der Waals surface area contributed by atoms with Crippen molar-refractivity contribution in [1.82, 2.24) is 4.90 Å². The minimum Gasteiger partial charge on any atom is -0.382 e. The lowest BCUT2D eigenvalue weighted by molar-refractivity contribution is -0.136. The van der Waals surface area contributed by atoms with E-state index in [0.717, 1.165) is 5.56 Å². The number of carbonyl (C=O) groups excluding carboxylic acids is 1. The third-order valence-corrected chi connectivity index (χ3v) is 2.49. The highest BCUT2D eigenvalue weighted by atomic mass is 16.5. The number of methoxy groups -OCH3 is 1. The van der Waals surface area contributed by atoms with E-state index in [1.165, 1.54) is 4.90 Å². The predicted octanol–water partition coefficient (Wildman–Crippen LogP) is 1.20. The molecular weight excluding hydrogens is 244 g/mol. The van der Waals surface area contributed by atoms with Crippen molar-refractivity contribution in [2.75, 3.05) is 33.5 Å². The Morgan fingerprint density at radius 3 is 2.68 bits per heavy atom. The fourth-order valence-electron chi connectivity index (χ4n) is 1.51. The monoisotopic (exact) mass is 262 g/mol. The normalized spacial score (nSPS) is 9.89. The van der Waals surface area contributed by atoms with Crippen LogP contribution < -0.4 is 0 Å². The maximum absolute atomic E-state index is 11.9. The lowest BCUT2D eigenvalue weighted by Crippen LogP contribution is -2.34. The fourth-order valence-corrected chi connectivity index (χ4v) is 1.51. The summed E-state index contributed by atoms with van der Waals surface area (Å²) < 4.78 is 10.0. The van der Waals surface area contributed by atoms with Gasteiger partial charge in [-0.3, -0.25) is 4.79 Å². The zero-order chi connectivity index (χ0) is 13.9. The molecule has 0 bridgehead atoms. The second-order valence-electron chi connectivity index (χ2n) is 3.94. The summed E-state index contributed by atoms with van der Waals surface area (Å²) in [6.07, 6.45) is 0. The van der Waals surface area contributed by atoms with Gasteiger partial charge >= 0.3 is 0 Å². The summed E-state index contributed by atoms with van der Waals surface area (Å²) in [6.45, 7) is 1.26. The molecule has 5 heteroatoms. The molecule has 1 aromatic rings. The Morgan fingerprint density at radius 1 is 1.32 bits per heavy atom. The molecule has 0 saturated carbocycles. The molecule has 0 spiro atoms. The zero-order valence-electron chi connectivity index (χ0n) is 11.0. The van der Waals surface area contributed by atoms with Crippen LogP contribution in [0, 0.1) is 11.3 Å². The topological polar surface area (TPSA) is 62.6 Å². The molecular formula is C14H18N2O3. The average molecular weight is 262 g/mol. The molecule has 0 aliphatic heterocycles.